The zero-order chi connectivity index (χ0) is 8.20. The summed E-state index contributed by atoms with van der Waals surface area (Å²) in [5, 5.41) is 8.41. The van der Waals surface area contributed by atoms with E-state index in [1.807, 2.05) is 7.05 Å². The molecule has 0 saturated carbocycles. The van der Waals surface area contributed by atoms with Crippen molar-refractivity contribution in [1.29, 1.82) is 5.26 Å². The molecule has 0 aromatic heterocycles. The van der Waals surface area contributed by atoms with Gasteiger partial charge in [0.25, 0.3) is 0 Å². The number of nitrogens with zero attached hydrogens (tertiary/aromatic N) is 2. The van der Waals surface area contributed by atoms with Crippen molar-refractivity contribution >= 4 is 0 Å². The third-order valence-corrected chi connectivity index (χ3v) is 1.37. The van der Waals surface area contributed by atoms with Gasteiger partial charge in [-0.15, -0.1) is 0 Å². The molecular formula is C8H16N2. The molecule has 0 atom stereocenters. The molecule has 0 aliphatic rings. The van der Waals surface area contributed by atoms with E-state index in [0.717, 1.165) is 13.0 Å². The highest BCUT2D eigenvalue weighted by Crippen LogP contribution is 2.17. The maximum absolute atomic E-state index is 8.41. The summed E-state index contributed by atoms with van der Waals surface area (Å²) in [6.07, 6.45) is 3.14. The molecule has 0 unspecified atom stereocenters. The molecule has 0 heterocycles. The Kier molecular flexibility index (Phi) is 3.21. The predicted octanol–water partition coefficient (Wildman–Crippen LogP) is 1.84. The van der Waals surface area contributed by atoms with Crippen LogP contribution < -0.4 is 0 Å². The van der Waals surface area contributed by atoms with Gasteiger partial charge in [0.05, 0.1) is 0 Å². The maximum Gasteiger partial charge on any atom is 0.179 e. The first-order valence-electron chi connectivity index (χ1n) is 3.56. The fourth-order valence-corrected chi connectivity index (χ4v) is 0.553. The monoisotopic (exact) mass is 140 g/mol. The van der Waals surface area contributed by atoms with Crippen LogP contribution in [0.1, 0.15) is 27.2 Å². The van der Waals surface area contributed by atoms with Crippen LogP contribution in [0.25, 0.3) is 0 Å². The second kappa shape index (κ2) is 3.46. The topological polar surface area (TPSA) is 27.0 Å². The molecule has 0 aromatic carbocycles. The predicted molar refractivity (Wildman–Crippen MR) is 42.3 cm³/mol. The quantitative estimate of drug-likeness (QED) is 0.432. The third-order valence-electron chi connectivity index (χ3n) is 1.37. The molecule has 0 spiro atoms. The minimum Gasteiger partial charge on any atom is -0.314 e. The summed E-state index contributed by atoms with van der Waals surface area (Å²) in [6, 6.07) is 0. The number of nitriles is 1. The molecule has 58 valence electrons. The first kappa shape index (κ1) is 9.29. The Hall–Kier alpha value is -0.710. The highest BCUT2D eigenvalue weighted by Gasteiger charge is 2.10. The molecule has 0 bridgehead atoms. The lowest BCUT2D eigenvalue weighted by Crippen LogP contribution is -2.18. The summed E-state index contributed by atoms with van der Waals surface area (Å²) in [6.45, 7) is 7.40. The Morgan fingerprint density at radius 3 is 2.20 bits per heavy atom. The van der Waals surface area contributed by atoms with E-state index < -0.39 is 0 Å². The normalized spacial score (nSPS) is 10.7. The van der Waals surface area contributed by atoms with E-state index in [0.29, 0.717) is 5.41 Å². The SMILES string of the molecule is CN(C#N)CCC(C)(C)C. The van der Waals surface area contributed by atoms with E-state index in [2.05, 4.69) is 27.0 Å². The molecular weight excluding hydrogens is 124 g/mol. The lowest BCUT2D eigenvalue weighted by Gasteiger charge is -2.19. The Morgan fingerprint density at radius 1 is 1.40 bits per heavy atom. The molecule has 2 nitrogen and oxygen atoms in total. The van der Waals surface area contributed by atoms with Gasteiger partial charge in [0.1, 0.15) is 0 Å². The van der Waals surface area contributed by atoms with Crippen LogP contribution in [-0.2, 0) is 0 Å². The molecule has 0 N–H and O–H groups in total. The largest absolute Gasteiger partial charge is 0.314 e. The van der Waals surface area contributed by atoms with Crippen LogP contribution in [0.5, 0.6) is 0 Å². The van der Waals surface area contributed by atoms with Crippen LogP contribution in [0.15, 0.2) is 0 Å². The molecule has 0 fully saturated rings. The van der Waals surface area contributed by atoms with Crippen molar-refractivity contribution in [1.82, 2.24) is 4.90 Å². The Balaban J connectivity index is 3.48. The van der Waals surface area contributed by atoms with E-state index in [1.54, 1.807) is 4.90 Å². The van der Waals surface area contributed by atoms with Gasteiger partial charge in [-0.2, -0.15) is 5.26 Å². The molecule has 0 rings (SSSR count). The van der Waals surface area contributed by atoms with Crippen molar-refractivity contribution in [3.8, 4) is 6.19 Å². The standard InChI is InChI=1S/C8H16N2/c1-8(2,3)5-6-10(4)7-9/h5-6H2,1-4H3. The summed E-state index contributed by atoms with van der Waals surface area (Å²) in [7, 11) is 1.81. The van der Waals surface area contributed by atoms with Gasteiger partial charge >= 0.3 is 0 Å². The van der Waals surface area contributed by atoms with Crippen molar-refractivity contribution in [2.45, 2.75) is 27.2 Å². The van der Waals surface area contributed by atoms with Crippen molar-refractivity contribution < 1.29 is 0 Å². The zero-order valence-corrected chi connectivity index (χ0v) is 7.31. The van der Waals surface area contributed by atoms with E-state index >= 15 is 0 Å². The fourth-order valence-electron chi connectivity index (χ4n) is 0.553. The van der Waals surface area contributed by atoms with E-state index in [9.17, 15) is 0 Å². The van der Waals surface area contributed by atoms with Gasteiger partial charge in [0, 0.05) is 13.6 Å². The van der Waals surface area contributed by atoms with Crippen LogP contribution in [0.3, 0.4) is 0 Å². The van der Waals surface area contributed by atoms with Gasteiger partial charge in [-0.05, 0) is 11.8 Å². The lowest BCUT2D eigenvalue weighted by molar-refractivity contribution is 0.320. The maximum atomic E-state index is 8.41. The van der Waals surface area contributed by atoms with Gasteiger partial charge in [-0.25, -0.2) is 0 Å². The van der Waals surface area contributed by atoms with Crippen LogP contribution in [-0.4, -0.2) is 18.5 Å². The molecule has 0 saturated heterocycles. The average molecular weight is 140 g/mol. The van der Waals surface area contributed by atoms with Crippen molar-refractivity contribution in [2.75, 3.05) is 13.6 Å². The van der Waals surface area contributed by atoms with Gasteiger partial charge in [-0.1, -0.05) is 20.8 Å². The molecule has 0 aromatic rings. The van der Waals surface area contributed by atoms with Crippen LogP contribution in [0.2, 0.25) is 0 Å². The molecule has 0 aliphatic carbocycles. The number of hydrogen-bond acceptors (Lipinski definition) is 2. The van der Waals surface area contributed by atoms with Crippen LogP contribution in [0.4, 0.5) is 0 Å². The van der Waals surface area contributed by atoms with Gasteiger partial charge in [-0.3, -0.25) is 0 Å². The average Bonchev–Trinajstić information content (AvgIpc) is 1.81. The van der Waals surface area contributed by atoms with Crippen LogP contribution >= 0.6 is 0 Å². The summed E-state index contributed by atoms with van der Waals surface area (Å²) in [5.41, 5.74) is 0.338. The number of hydrogen-bond donors (Lipinski definition) is 0. The van der Waals surface area contributed by atoms with Gasteiger partial charge in [0.15, 0.2) is 6.19 Å². The molecule has 0 aliphatic heterocycles. The molecule has 0 amide bonds. The second-order valence-corrected chi connectivity index (χ2v) is 3.83. The van der Waals surface area contributed by atoms with E-state index in [1.165, 1.54) is 0 Å². The van der Waals surface area contributed by atoms with E-state index in [-0.39, 0.29) is 0 Å². The highest BCUT2D eigenvalue weighted by atomic mass is 15.1. The van der Waals surface area contributed by atoms with E-state index in [4.69, 9.17) is 5.26 Å². The Labute approximate surface area is 63.4 Å². The lowest BCUT2D eigenvalue weighted by atomic mass is 9.92. The van der Waals surface area contributed by atoms with Crippen molar-refractivity contribution in [3.63, 3.8) is 0 Å². The fraction of sp³-hybridized carbons (Fsp3) is 0.875. The molecule has 2 heteroatoms. The van der Waals surface area contributed by atoms with Crippen LogP contribution in [0, 0.1) is 16.9 Å². The first-order valence-corrected chi connectivity index (χ1v) is 3.56. The molecule has 10 heavy (non-hydrogen) atoms. The second-order valence-electron chi connectivity index (χ2n) is 3.83. The first-order chi connectivity index (χ1) is 4.45. The van der Waals surface area contributed by atoms with Gasteiger partial charge in [0.2, 0.25) is 0 Å². The zero-order valence-electron chi connectivity index (χ0n) is 7.31. The summed E-state index contributed by atoms with van der Waals surface area (Å²) in [4.78, 5) is 1.66. The Bertz CT molecular complexity index is 127. The molecule has 0 radical (unpaired) electrons. The van der Waals surface area contributed by atoms with Crippen molar-refractivity contribution in [2.24, 2.45) is 5.41 Å². The Morgan fingerprint density at radius 2 is 1.90 bits per heavy atom. The smallest absolute Gasteiger partial charge is 0.179 e. The summed E-state index contributed by atoms with van der Waals surface area (Å²) >= 11 is 0. The number of rotatable bonds is 2. The minimum atomic E-state index is 0.338. The van der Waals surface area contributed by atoms with Gasteiger partial charge < -0.3 is 4.90 Å². The van der Waals surface area contributed by atoms with Crippen molar-refractivity contribution in [3.05, 3.63) is 0 Å². The highest BCUT2D eigenvalue weighted by molar-refractivity contribution is 4.71. The third kappa shape index (κ3) is 5.43. The summed E-state index contributed by atoms with van der Waals surface area (Å²) < 4.78 is 0. The summed E-state index contributed by atoms with van der Waals surface area (Å²) in [5.74, 6) is 0. The minimum absolute atomic E-state index is 0.338.